The molecule has 4 aromatic rings. The molecule has 0 fully saturated rings. The van der Waals surface area contributed by atoms with Crippen LogP contribution < -0.4 is 5.43 Å². The van der Waals surface area contributed by atoms with Gasteiger partial charge in [0.15, 0.2) is 5.78 Å². The summed E-state index contributed by atoms with van der Waals surface area (Å²) in [6.45, 7) is 3.64. The summed E-state index contributed by atoms with van der Waals surface area (Å²) < 4.78 is 7.28. The van der Waals surface area contributed by atoms with Gasteiger partial charge < -0.3 is 4.42 Å². The minimum Gasteiger partial charge on any atom is -0.411 e. The number of nitrogens with one attached hydrogen (secondary N) is 1. The maximum absolute atomic E-state index is 12.8. The Morgan fingerprint density at radius 1 is 1.00 bits per heavy atom. The third-order valence-electron chi connectivity index (χ3n) is 4.73. The Balaban J connectivity index is 1.43. The Labute approximate surface area is 183 Å². The number of aryl methyl sites for hydroxylation is 1. The molecule has 0 aliphatic carbocycles. The molecule has 31 heavy (non-hydrogen) atoms. The summed E-state index contributed by atoms with van der Waals surface area (Å²) in [5.41, 5.74) is 6.19. The third kappa shape index (κ3) is 4.59. The van der Waals surface area contributed by atoms with Crippen LogP contribution in [-0.4, -0.2) is 32.3 Å². The molecule has 8 heteroatoms. The average molecular weight is 433 g/mol. The summed E-state index contributed by atoms with van der Waals surface area (Å²) in [6.07, 6.45) is 0. The molecular formula is C23H20N4O3S. The van der Waals surface area contributed by atoms with Gasteiger partial charge in [-0.15, -0.1) is 10.2 Å². The topological polar surface area (TPSA) is 90.0 Å². The fraction of sp³-hybridized carbons (Fsp3) is 0.130. The maximum Gasteiger partial charge on any atom is 0.277 e. The molecule has 7 nitrogen and oxygen atoms in total. The molecule has 0 spiro atoms. The van der Waals surface area contributed by atoms with Crippen molar-refractivity contribution in [3.63, 3.8) is 0 Å². The molecule has 0 unspecified atom stereocenters. The van der Waals surface area contributed by atoms with E-state index in [1.807, 2.05) is 43.3 Å². The summed E-state index contributed by atoms with van der Waals surface area (Å²) in [7, 11) is 0. The average Bonchev–Trinajstić information content (AvgIpc) is 3.39. The van der Waals surface area contributed by atoms with Gasteiger partial charge in [-0.3, -0.25) is 19.7 Å². The van der Waals surface area contributed by atoms with Crippen LogP contribution in [0.4, 0.5) is 0 Å². The van der Waals surface area contributed by atoms with Gasteiger partial charge in [-0.2, -0.15) is 0 Å². The molecule has 0 aliphatic heterocycles. The Kier molecular flexibility index (Phi) is 5.99. The standard InChI is InChI=1S/C23H20N4O3S/c1-15-13-19(16(2)27(15)26-21(29)17-9-5-3-6-10-17)20(28)14-31-23-25-24-22(30-23)18-11-7-4-8-12-18/h3-13H,14H2,1-2H3,(H,26,29). The highest BCUT2D eigenvalue weighted by Crippen LogP contribution is 2.24. The monoisotopic (exact) mass is 432 g/mol. The Hall–Kier alpha value is -3.65. The first kappa shape index (κ1) is 20.6. The molecule has 2 heterocycles. The lowest BCUT2D eigenvalue weighted by atomic mass is 10.2. The first-order chi connectivity index (χ1) is 15.0. The summed E-state index contributed by atoms with van der Waals surface area (Å²) in [6, 6.07) is 20.2. The van der Waals surface area contributed by atoms with Crippen molar-refractivity contribution in [3.8, 4) is 11.5 Å². The number of nitrogens with zero attached hydrogens (tertiary/aromatic N) is 3. The molecular weight excluding hydrogens is 412 g/mol. The SMILES string of the molecule is Cc1cc(C(=O)CSc2nnc(-c3ccccc3)o2)c(C)n1NC(=O)c1ccccc1. The van der Waals surface area contributed by atoms with E-state index in [1.165, 1.54) is 11.8 Å². The molecule has 0 saturated heterocycles. The summed E-state index contributed by atoms with van der Waals surface area (Å²) >= 11 is 1.19. The van der Waals surface area contributed by atoms with E-state index >= 15 is 0 Å². The molecule has 0 atom stereocenters. The first-order valence-electron chi connectivity index (χ1n) is 9.63. The van der Waals surface area contributed by atoms with Gasteiger partial charge in [-0.1, -0.05) is 48.2 Å². The van der Waals surface area contributed by atoms with E-state index in [4.69, 9.17) is 4.42 Å². The van der Waals surface area contributed by atoms with E-state index in [0.29, 0.717) is 27.9 Å². The zero-order valence-corrected chi connectivity index (χ0v) is 17.8. The van der Waals surface area contributed by atoms with Gasteiger partial charge in [0.2, 0.25) is 5.89 Å². The van der Waals surface area contributed by atoms with E-state index in [0.717, 1.165) is 11.3 Å². The summed E-state index contributed by atoms with van der Waals surface area (Å²) in [5, 5.41) is 8.37. The van der Waals surface area contributed by atoms with Crippen molar-refractivity contribution < 1.29 is 14.0 Å². The second-order valence-corrected chi connectivity index (χ2v) is 7.80. The molecule has 1 N–H and O–H groups in total. The lowest BCUT2D eigenvalue weighted by molar-refractivity contribution is 0.0999. The van der Waals surface area contributed by atoms with Gasteiger partial charge in [0.25, 0.3) is 11.1 Å². The van der Waals surface area contributed by atoms with Crippen LogP contribution in [0.2, 0.25) is 0 Å². The number of ketones is 1. The van der Waals surface area contributed by atoms with Gasteiger partial charge in [0.05, 0.1) is 5.75 Å². The molecule has 156 valence electrons. The van der Waals surface area contributed by atoms with Crippen LogP contribution in [0.1, 0.15) is 32.1 Å². The Morgan fingerprint density at radius 3 is 2.39 bits per heavy atom. The van der Waals surface area contributed by atoms with Crippen molar-refractivity contribution in [2.75, 3.05) is 11.2 Å². The fourth-order valence-electron chi connectivity index (χ4n) is 3.14. The van der Waals surface area contributed by atoms with Gasteiger partial charge in [0, 0.05) is 28.1 Å². The largest absolute Gasteiger partial charge is 0.411 e. The van der Waals surface area contributed by atoms with Gasteiger partial charge in [-0.05, 0) is 44.2 Å². The molecule has 0 bridgehead atoms. The van der Waals surface area contributed by atoms with E-state index in [-0.39, 0.29) is 17.4 Å². The number of carbonyl (C=O) groups excluding carboxylic acids is 2. The number of rotatable bonds is 7. The van der Waals surface area contributed by atoms with Crippen molar-refractivity contribution in [1.29, 1.82) is 0 Å². The highest BCUT2D eigenvalue weighted by atomic mass is 32.2. The van der Waals surface area contributed by atoms with Gasteiger partial charge in [-0.25, -0.2) is 0 Å². The maximum atomic E-state index is 12.8. The van der Waals surface area contributed by atoms with Crippen LogP contribution in [0.25, 0.3) is 11.5 Å². The lowest BCUT2D eigenvalue weighted by Gasteiger charge is -2.11. The van der Waals surface area contributed by atoms with E-state index in [2.05, 4.69) is 15.6 Å². The normalized spacial score (nSPS) is 10.8. The van der Waals surface area contributed by atoms with Crippen LogP contribution in [0.5, 0.6) is 0 Å². The third-order valence-corrected chi connectivity index (χ3v) is 5.55. The highest BCUT2D eigenvalue weighted by molar-refractivity contribution is 7.99. The number of Topliss-reactive ketones (excluding diaryl/α,β-unsaturated/α-hetero) is 1. The highest BCUT2D eigenvalue weighted by Gasteiger charge is 2.19. The first-order valence-corrected chi connectivity index (χ1v) is 10.6. The number of aromatic nitrogens is 3. The zero-order valence-electron chi connectivity index (χ0n) is 17.0. The predicted octanol–water partition coefficient (Wildman–Crippen LogP) is 4.51. The van der Waals surface area contributed by atoms with Crippen LogP contribution in [0.3, 0.4) is 0 Å². The Bertz CT molecular complexity index is 1220. The number of thioether (sulfide) groups is 1. The molecule has 0 radical (unpaired) electrons. The second kappa shape index (κ2) is 9.01. The number of hydrogen-bond donors (Lipinski definition) is 1. The van der Waals surface area contributed by atoms with Crippen molar-refractivity contribution in [3.05, 3.63) is 89.2 Å². The molecule has 0 aliphatic rings. The minimum atomic E-state index is -0.241. The number of carbonyl (C=O) groups is 2. The van der Waals surface area contributed by atoms with Crippen molar-refractivity contribution in [1.82, 2.24) is 14.9 Å². The number of hydrogen-bond acceptors (Lipinski definition) is 6. The second-order valence-electron chi connectivity index (χ2n) is 6.88. The molecule has 0 saturated carbocycles. The predicted molar refractivity (Wildman–Crippen MR) is 119 cm³/mol. The van der Waals surface area contributed by atoms with E-state index in [9.17, 15) is 9.59 Å². The smallest absolute Gasteiger partial charge is 0.277 e. The number of benzene rings is 2. The summed E-state index contributed by atoms with van der Waals surface area (Å²) in [4.78, 5) is 25.3. The van der Waals surface area contributed by atoms with Crippen molar-refractivity contribution in [2.45, 2.75) is 19.1 Å². The van der Waals surface area contributed by atoms with E-state index in [1.54, 1.807) is 41.9 Å². The minimum absolute atomic E-state index is 0.0854. The van der Waals surface area contributed by atoms with E-state index < -0.39 is 0 Å². The van der Waals surface area contributed by atoms with Crippen LogP contribution in [-0.2, 0) is 0 Å². The quantitative estimate of drug-likeness (QED) is 0.341. The molecule has 1 amide bonds. The molecule has 4 rings (SSSR count). The zero-order chi connectivity index (χ0) is 21.8. The van der Waals surface area contributed by atoms with Crippen molar-refractivity contribution >= 4 is 23.5 Å². The van der Waals surface area contributed by atoms with Gasteiger partial charge >= 0.3 is 0 Å². The summed E-state index contributed by atoms with van der Waals surface area (Å²) in [5.74, 6) is 0.234. The Morgan fingerprint density at radius 2 is 1.68 bits per heavy atom. The lowest BCUT2D eigenvalue weighted by Crippen LogP contribution is -2.25. The number of amides is 1. The fourth-order valence-corrected chi connectivity index (χ4v) is 3.79. The van der Waals surface area contributed by atoms with Crippen LogP contribution in [0.15, 0.2) is 76.4 Å². The van der Waals surface area contributed by atoms with Gasteiger partial charge in [0.1, 0.15) is 0 Å². The van der Waals surface area contributed by atoms with Crippen molar-refractivity contribution in [2.24, 2.45) is 0 Å². The molecule has 2 aromatic heterocycles. The van der Waals surface area contributed by atoms with Crippen LogP contribution in [0, 0.1) is 13.8 Å². The molecule has 2 aromatic carbocycles. The van der Waals surface area contributed by atoms with Crippen LogP contribution >= 0.6 is 11.8 Å².